The number of carbonyl (C=O) groups excluding carboxylic acids is 2. The Morgan fingerprint density at radius 3 is 2.94 bits per heavy atom. The average Bonchev–Trinajstić information content (AvgIpc) is 3.39. The molecule has 9 nitrogen and oxygen atoms in total. The summed E-state index contributed by atoms with van der Waals surface area (Å²) in [6.45, 7) is 7.37. The van der Waals surface area contributed by atoms with E-state index in [1.54, 1.807) is 4.90 Å². The molecule has 0 aliphatic carbocycles. The highest BCUT2D eigenvalue weighted by atomic mass is 32.1. The van der Waals surface area contributed by atoms with Gasteiger partial charge in [0.05, 0.1) is 18.8 Å². The third-order valence-corrected chi connectivity index (χ3v) is 6.77. The molecule has 1 aromatic carbocycles. The summed E-state index contributed by atoms with van der Waals surface area (Å²) in [5.41, 5.74) is 8.87. The zero-order valence-corrected chi connectivity index (χ0v) is 19.9. The van der Waals surface area contributed by atoms with E-state index < -0.39 is 6.09 Å². The van der Waals surface area contributed by atoms with E-state index in [-0.39, 0.29) is 24.6 Å². The van der Waals surface area contributed by atoms with E-state index in [2.05, 4.69) is 11.9 Å². The van der Waals surface area contributed by atoms with Gasteiger partial charge in [0.15, 0.2) is 6.10 Å². The van der Waals surface area contributed by atoms with Gasteiger partial charge < -0.3 is 34.9 Å². The summed E-state index contributed by atoms with van der Waals surface area (Å²) in [5, 5.41) is 3.56. The van der Waals surface area contributed by atoms with Crippen molar-refractivity contribution in [2.75, 3.05) is 37.4 Å². The molecule has 2 aromatic rings. The first-order valence-corrected chi connectivity index (χ1v) is 12.1. The van der Waals surface area contributed by atoms with Gasteiger partial charge in [-0.3, -0.25) is 4.79 Å². The minimum Gasteiger partial charge on any atom is -0.494 e. The van der Waals surface area contributed by atoms with E-state index >= 15 is 0 Å². The molecule has 1 unspecified atom stereocenters. The van der Waals surface area contributed by atoms with Gasteiger partial charge in [-0.15, -0.1) is 11.3 Å². The first kappa shape index (κ1) is 23.7. The van der Waals surface area contributed by atoms with Crippen LogP contribution in [0.4, 0.5) is 15.5 Å². The van der Waals surface area contributed by atoms with E-state index in [4.69, 9.17) is 24.7 Å². The number of thiophene rings is 1. The van der Waals surface area contributed by atoms with Crippen molar-refractivity contribution in [1.29, 1.82) is 0 Å². The molecule has 1 aromatic heterocycles. The summed E-state index contributed by atoms with van der Waals surface area (Å²) < 4.78 is 21.4. The van der Waals surface area contributed by atoms with Crippen molar-refractivity contribution in [3.05, 3.63) is 52.8 Å². The summed E-state index contributed by atoms with van der Waals surface area (Å²) in [5.74, 6) is 0.923. The molecule has 0 saturated carbocycles. The van der Waals surface area contributed by atoms with Gasteiger partial charge >= 0.3 is 6.09 Å². The molecule has 1 saturated heterocycles. The van der Waals surface area contributed by atoms with Crippen LogP contribution in [0, 0.1) is 0 Å². The molecule has 1 fully saturated rings. The first-order valence-electron chi connectivity index (χ1n) is 11.2. The molecule has 4 rings (SSSR count). The van der Waals surface area contributed by atoms with Crippen LogP contribution in [0.2, 0.25) is 0 Å². The third-order valence-electron chi connectivity index (χ3n) is 5.62. The van der Waals surface area contributed by atoms with Gasteiger partial charge in [-0.05, 0) is 43.5 Å². The van der Waals surface area contributed by atoms with Crippen LogP contribution in [-0.2, 0) is 38.4 Å². The second-order valence-electron chi connectivity index (χ2n) is 8.01. The topological polar surface area (TPSA) is 112 Å². The molecule has 2 aliphatic heterocycles. The van der Waals surface area contributed by atoms with Crippen LogP contribution in [-0.4, -0.2) is 49.4 Å². The summed E-state index contributed by atoms with van der Waals surface area (Å²) in [7, 11) is 0. The normalized spacial score (nSPS) is 16.9. The molecule has 34 heavy (non-hydrogen) atoms. The Bertz CT molecular complexity index is 1070. The number of nitrogens with zero attached hydrogens (tertiary/aromatic N) is 1. The van der Waals surface area contributed by atoms with Gasteiger partial charge in [-0.25, -0.2) is 4.79 Å². The van der Waals surface area contributed by atoms with Gasteiger partial charge in [0.2, 0.25) is 5.91 Å². The maximum absolute atomic E-state index is 12.6. The fourth-order valence-corrected chi connectivity index (χ4v) is 5.10. The Labute approximate surface area is 202 Å². The lowest BCUT2D eigenvalue weighted by Gasteiger charge is -2.26. The number of carbonyl (C=O) groups is 2. The Hall–Kier alpha value is -3.40. The number of nitrogens with one attached hydrogen (secondary N) is 1. The molecule has 2 aliphatic rings. The number of para-hydroxylation sites is 1. The molecular formula is C24H29N3O6S. The monoisotopic (exact) mass is 487 g/mol. The Kier molecular flexibility index (Phi) is 7.46. The Balaban J connectivity index is 1.31. The van der Waals surface area contributed by atoms with Crippen LogP contribution in [0.5, 0.6) is 5.75 Å². The van der Waals surface area contributed by atoms with Crippen molar-refractivity contribution >= 4 is 34.0 Å². The van der Waals surface area contributed by atoms with E-state index in [0.29, 0.717) is 56.3 Å². The molecule has 10 heteroatoms. The third kappa shape index (κ3) is 5.56. The second-order valence-corrected chi connectivity index (χ2v) is 9.11. The lowest BCUT2D eigenvalue weighted by atomic mass is 10.1. The molecule has 3 heterocycles. The number of anilines is 2. The standard InChI is InChI=1S/C24H29N3O6S/c1-3-30-19-7-5-4-6-16(19)8-9-21(28)26-23-22(25)18-10-11-27(12-20(18)34-23)24(29)32-14-17-13-31-15(2)33-17/h4-7,17H,2-3,8-14,25H2,1H3,(H,26,28). The summed E-state index contributed by atoms with van der Waals surface area (Å²) in [4.78, 5) is 27.7. The molecular weight excluding hydrogens is 458 g/mol. The smallest absolute Gasteiger partial charge is 0.410 e. The van der Waals surface area contributed by atoms with Crippen molar-refractivity contribution in [3.8, 4) is 5.75 Å². The predicted molar refractivity (Wildman–Crippen MR) is 129 cm³/mol. The van der Waals surface area contributed by atoms with E-state index in [1.807, 2.05) is 31.2 Å². The number of benzene rings is 1. The van der Waals surface area contributed by atoms with E-state index in [9.17, 15) is 9.59 Å². The van der Waals surface area contributed by atoms with Crippen LogP contribution in [0.1, 0.15) is 29.3 Å². The molecule has 3 N–H and O–H groups in total. The van der Waals surface area contributed by atoms with Crippen LogP contribution in [0.25, 0.3) is 0 Å². The summed E-state index contributed by atoms with van der Waals surface area (Å²) in [6.07, 6.45) is 0.720. The fraction of sp³-hybridized carbons (Fsp3) is 0.417. The lowest BCUT2D eigenvalue weighted by molar-refractivity contribution is -0.116. The number of aryl methyl sites for hydroxylation is 1. The second kappa shape index (κ2) is 10.7. The molecule has 0 radical (unpaired) electrons. The van der Waals surface area contributed by atoms with Gasteiger partial charge in [0, 0.05) is 17.8 Å². The number of amides is 2. The highest BCUT2D eigenvalue weighted by Gasteiger charge is 2.29. The average molecular weight is 488 g/mol. The van der Waals surface area contributed by atoms with Crippen LogP contribution in [0.15, 0.2) is 36.8 Å². The largest absolute Gasteiger partial charge is 0.494 e. The summed E-state index contributed by atoms with van der Waals surface area (Å²) >= 11 is 1.40. The Morgan fingerprint density at radius 1 is 1.35 bits per heavy atom. The van der Waals surface area contributed by atoms with Gasteiger partial charge in [0.25, 0.3) is 5.95 Å². The quantitative estimate of drug-likeness (QED) is 0.584. The number of ether oxygens (including phenoxy) is 4. The van der Waals surface area contributed by atoms with Crippen LogP contribution >= 0.6 is 11.3 Å². The van der Waals surface area contributed by atoms with Gasteiger partial charge in [-0.1, -0.05) is 18.2 Å². The highest BCUT2D eigenvalue weighted by molar-refractivity contribution is 7.17. The van der Waals surface area contributed by atoms with Crippen molar-refractivity contribution in [2.24, 2.45) is 0 Å². The number of nitrogen functional groups attached to an aromatic ring is 1. The maximum Gasteiger partial charge on any atom is 0.410 e. The summed E-state index contributed by atoms with van der Waals surface area (Å²) in [6, 6.07) is 7.72. The Morgan fingerprint density at radius 2 is 2.18 bits per heavy atom. The van der Waals surface area contributed by atoms with Crippen molar-refractivity contribution in [2.45, 2.75) is 38.8 Å². The molecule has 0 spiro atoms. The zero-order valence-electron chi connectivity index (χ0n) is 19.1. The number of rotatable bonds is 8. The number of nitrogens with two attached hydrogens (primary N) is 1. The van der Waals surface area contributed by atoms with E-state index in [0.717, 1.165) is 21.8 Å². The van der Waals surface area contributed by atoms with Crippen molar-refractivity contribution < 1.29 is 28.5 Å². The maximum atomic E-state index is 12.6. The number of hydrogen-bond donors (Lipinski definition) is 2. The SMILES string of the molecule is C=C1OCC(COC(=O)N2CCc3c(sc(NC(=O)CCc4ccccc4OCC)c3N)C2)O1. The van der Waals surface area contributed by atoms with Crippen molar-refractivity contribution in [1.82, 2.24) is 4.90 Å². The molecule has 2 amide bonds. The first-order chi connectivity index (χ1) is 16.4. The molecule has 1 atom stereocenters. The number of fused-ring (bicyclic) bond motifs is 1. The van der Waals surface area contributed by atoms with Crippen LogP contribution in [0.3, 0.4) is 0 Å². The van der Waals surface area contributed by atoms with Crippen LogP contribution < -0.4 is 15.8 Å². The molecule has 182 valence electrons. The number of hydrogen-bond acceptors (Lipinski definition) is 8. The molecule has 0 bridgehead atoms. The minimum absolute atomic E-state index is 0.0987. The van der Waals surface area contributed by atoms with Gasteiger partial charge in [-0.2, -0.15) is 0 Å². The van der Waals surface area contributed by atoms with Crippen molar-refractivity contribution in [3.63, 3.8) is 0 Å². The lowest BCUT2D eigenvalue weighted by Crippen LogP contribution is -2.37. The van der Waals surface area contributed by atoms with Gasteiger partial charge in [0.1, 0.15) is 24.0 Å². The zero-order chi connectivity index (χ0) is 24.1. The highest BCUT2D eigenvalue weighted by Crippen LogP contribution is 2.39. The fourth-order valence-electron chi connectivity index (χ4n) is 3.90. The minimum atomic E-state index is -0.419. The predicted octanol–water partition coefficient (Wildman–Crippen LogP) is 3.68. The van der Waals surface area contributed by atoms with E-state index in [1.165, 1.54) is 11.3 Å².